The van der Waals surface area contributed by atoms with Crippen molar-refractivity contribution in [2.75, 3.05) is 11.9 Å². The van der Waals surface area contributed by atoms with Gasteiger partial charge in [0.05, 0.1) is 10.5 Å². The van der Waals surface area contributed by atoms with Crippen LogP contribution in [-0.2, 0) is 10.0 Å². The Morgan fingerprint density at radius 1 is 1.40 bits per heavy atom. The summed E-state index contributed by atoms with van der Waals surface area (Å²) in [6.07, 6.45) is 4.74. The Labute approximate surface area is 118 Å². The molecule has 4 N–H and O–H groups in total. The molecule has 1 saturated carbocycles. The number of rotatable bonds is 6. The lowest BCUT2D eigenvalue weighted by molar-refractivity contribution is 0.0697. The number of benzene rings is 1. The maximum absolute atomic E-state index is 11.2. The fourth-order valence-electron chi connectivity index (χ4n) is 2.22. The van der Waals surface area contributed by atoms with Gasteiger partial charge in [-0.15, -0.1) is 0 Å². The maximum atomic E-state index is 11.2. The molecule has 110 valence electrons. The molecule has 0 saturated heterocycles. The predicted molar refractivity (Wildman–Crippen MR) is 75.2 cm³/mol. The minimum atomic E-state index is -3.90. The lowest BCUT2D eigenvalue weighted by atomic mass is 9.83. The van der Waals surface area contributed by atoms with Crippen molar-refractivity contribution in [3.05, 3.63) is 23.8 Å². The largest absolute Gasteiger partial charge is 0.478 e. The van der Waals surface area contributed by atoms with E-state index in [0.29, 0.717) is 12.2 Å². The zero-order valence-electron chi connectivity index (χ0n) is 11.0. The zero-order valence-corrected chi connectivity index (χ0v) is 11.8. The highest BCUT2D eigenvalue weighted by Crippen LogP contribution is 2.29. The third-order valence-corrected chi connectivity index (χ3v) is 4.55. The number of aromatic carboxylic acids is 1. The second-order valence-electron chi connectivity index (χ2n) is 5.07. The van der Waals surface area contributed by atoms with Crippen molar-refractivity contribution in [3.63, 3.8) is 0 Å². The summed E-state index contributed by atoms with van der Waals surface area (Å²) >= 11 is 0. The minimum absolute atomic E-state index is 0.0786. The van der Waals surface area contributed by atoms with Crippen LogP contribution in [0.1, 0.15) is 36.0 Å². The number of hydrogen-bond donors (Lipinski definition) is 3. The summed E-state index contributed by atoms with van der Waals surface area (Å²) < 4.78 is 22.5. The van der Waals surface area contributed by atoms with E-state index in [1.54, 1.807) is 0 Å². The Morgan fingerprint density at radius 2 is 2.10 bits per heavy atom. The van der Waals surface area contributed by atoms with Crippen molar-refractivity contribution in [1.82, 2.24) is 0 Å². The van der Waals surface area contributed by atoms with Crippen molar-refractivity contribution in [1.29, 1.82) is 0 Å². The molecule has 2 rings (SSSR count). The highest BCUT2D eigenvalue weighted by atomic mass is 32.2. The third-order valence-electron chi connectivity index (χ3n) is 3.64. The molecule has 1 aromatic carbocycles. The van der Waals surface area contributed by atoms with Crippen molar-refractivity contribution in [3.8, 4) is 0 Å². The molecule has 0 spiro atoms. The lowest BCUT2D eigenvalue weighted by Crippen LogP contribution is -2.17. The molecule has 0 atom stereocenters. The van der Waals surface area contributed by atoms with Crippen molar-refractivity contribution in [2.45, 2.75) is 30.6 Å². The second-order valence-corrected chi connectivity index (χ2v) is 6.63. The summed E-state index contributed by atoms with van der Waals surface area (Å²) in [6.45, 7) is 0.680. The molecule has 0 bridgehead atoms. The molecular weight excluding hydrogens is 280 g/mol. The van der Waals surface area contributed by atoms with E-state index < -0.39 is 16.0 Å². The molecule has 0 aliphatic heterocycles. The standard InChI is InChI=1S/C13H18N2O4S/c14-20(18,19)10-4-5-12(11(8-10)13(16)17)15-7-6-9-2-1-3-9/h4-5,8-9,15H,1-3,6-7H2,(H,16,17)(H2,14,18,19). The maximum Gasteiger partial charge on any atom is 0.337 e. The van der Waals surface area contributed by atoms with E-state index in [2.05, 4.69) is 5.32 Å². The van der Waals surface area contributed by atoms with E-state index in [0.717, 1.165) is 18.4 Å². The third kappa shape index (κ3) is 3.49. The smallest absolute Gasteiger partial charge is 0.337 e. The molecule has 0 amide bonds. The summed E-state index contributed by atoms with van der Waals surface area (Å²) in [6, 6.07) is 3.85. The highest BCUT2D eigenvalue weighted by molar-refractivity contribution is 7.89. The van der Waals surface area contributed by atoms with E-state index in [1.165, 1.54) is 31.4 Å². The second kappa shape index (κ2) is 5.80. The van der Waals surface area contributed by atoms with Gasteiger partial charge in [0.2, 0.25) is 10.0 Å². The van der Waals surface area contributed by atoms with Gasteiger partial charge >= 0.3 is 5.97 Å². The SMILES string of the molecule is NS(=O)(=O)c1ccc(NCCC2CCC2)c(C(=O)O)c1. The number of primary sulfonamides is 1. The minimum Gasteiger partial charge on any atom is -0.478 e. The van der Waals surface area contributed by atoms with Gasteiger partial charge in [-0.2, -0.15) is 0 Å². The van der Waals surface area contributed by atoms with Crippen LogP contribution in [0.2, 0.25) is 0 Å². The Bertz CT molecular complexity index is 609. The summed E-state index contributed by atoms with van der Waals surface area (Å²) in [4.78, 5) is 11.0. The van der Waals surface area contributed by atoms with Crippen molar-refractivity contribution in [2.24, 2.45) is 11.1 Å². The number of sulfonamides is 1. The van der Waals surface area contributed by atoms with E-state index in [-0.39, 0.29) is 10.5 Å². The summed E-state index contributed by atoms with van der Waals surface area (Å²) in [5.41, 5.74) is 0.342. The fraction of sp³-hybridized carbons (Fsp3) is 0.462. The molecule has 1 aliphatic rings. The molecule has 1 aliphatic carbocycles. The first-order valence-electron chi connectivity index (χ1n) is 6.52. The van der Waals surface area contributed by atoms with Crippen LogP contribution in [0.3, 0.4) is 0 Å². The van der Waals surface area contributed by atoms with Crippen LogP contribution < -0.4 is 10.5 Å². The first kappa shape index (κ1) is 14.8. The first-order chi connectivity index (χ1) is 9.38. The number of hydrogen-bond acceptors (Lipinski definition) is 4. The molecule has 0 radical (unpaired) electrons. The van der Waals surface area contributed by atoms with Gasteiger partial charge in [-0.3, -0.25) is 0 Å². The highest BCUT2D eigenvalue weighted by Gasteiger charge is 2.18. The van der Waals surface area contributed by atoms with Gasteiger partial charge in [-0.1, -0.05) is 19.3 Å². The first-order valence-corrected chi connectivity index (χ1v) is 8.06. The Kier molecular flexibility index (Phi) is 4.29. The molecule has 6 nitrogen and oxygen atoms in total. The van der Waals surface area contributed by atoms with Crippen molar-refractivity contribution < 1.29 is 18.3 Å². The molecule has 1 fully saturated rings. The normalized spacial score (nSPS) is 15.7. The van der Waals surface area contributed by atoms with E-state index >= 15 is 0 Å². The average molecular weight is 298 g/mol. The van der Waals surface area contributed by atoms with Crippen LogP contribution in [0.15, 0.2) is 23.1 Å². The quantitative estimate of drug-likeness (QED) is 0.739. The van der Waals surface area contributed by atoms with E-state index in [1.807, 2.05) is 0 Å². The molecule has 0 heterocycles. The number of anilines is 1. The summed E-state index contributed by atoms with van der Waals surface area (Å²) in [5.74, 6) is -0.457. The number of carboxylic acids is 1. The molecular formula is C13H18N2O4S. The van der Waals surface area contributed by atoms with Gasteiger partial charge < -0.3 is 10.4 Å². The summed E-state index contributed by atoms with van der Waals surface area (Å²) in [5, 5.41) is 17.2. The molecule has 7 heteroatoms. The molecule has 1 aromatic rings. The fourth-order valence-corrected chi connectivity index (χ4v) is 2.76. The molecule has 0 aromatic heterocycles. The lowest BCUT2D eigenvalue weighted by Gasteiger charge is -2.25. The van der Waals surface area contributed by atoms with Crippen LogP contribution in [-0.4, -0.2) is 26.0 Å². The number of nitrogens with one attached hydrogen (secondary N) is 1. The van der Waals surface area contributed by atoms with Crippen LogP contribution >= 0.6 is 0 Å². The van der Waals surface area contributed by atoms with Gasteiger partial charge in [0.25, 0.3) is 0 Å². The van der Waals surface area contributed by atoms with Crippen LogP contribution in [0.5, 0.6) is 0 Å². The number of carbonyl (C=O) groups is 1. The van der Waals surface area contributed by atoms with Crippen molar-refractivity contribution >= 4 is 21.7 Å². The Morgan fingerprint density at radius 3 is 2.60 bits per heavy atom. The molecule has 0 unspecified atom stereocenters. The Hall–Kier alpha value is -1.60. The Balaban J connectivity index is 2.12. The summed E-state index contributed by atoms with van der Waals surface area (Å²) in [7, 11) is -3.90. The van der Waals surface area contributed by atoms with Gasteiger partial charge in [0.1, 0.15) is 0 Å². The molecule has 20 heavy (non-hydrogen) atoms. The number of carboxylic acid groups (broad SMARTS) is 1. The topological polar surface area (TPSA) is 109 Å². The van der Waals surface area contributed by atoms with E-state index in [9.17, 15) is 13.2 Å². The van der Waals surface area contributed by atoms with Crippen LogP contribution in [0.25, 0.3) is 0 Å². The van der Waals surface area contributed by atoms with Crippen LogP contribution in [0, 0.1) is 5.92 Å². The average Bonchev–Trinajstić information content (AvgIpc) is 2.31. The van der Waals surface area contributed by atoms with Gasteiger partial charge in [0.15, 0.2) is 0 Å². The van der Waals surface area contributed by atoms with Gasteiger partial charge in [-0.25, -0.2) is 18.4 Å². The monoisotopic (exact) mass is 298 g/mol. The van der Waals surface area contributed by atoms with Gasteiger partial charge in [-0.05, 0) is 30.5 Å². The van der Waals surface area contributed by atoms with Gasteiger partial charge in [0, 0.05) is 12.2 Å². The number of nitrogens with two attached hydrogens (primary N) is 1. The predicted octanol–water partition coefficient (Wildman–Crippen LogP) is 1.63. The van der Waals surface area contributed by atoms with E-state index in [4.69, 9.17) is 10.2 Å². The van der Waals surface area contributed by atoms with Crippen LogP contribution in [0.4, 0.5) is 5.69 Å². The zero-order chi connectivity index (χ0) is 14.8.